The van der Waals surface area contributed by atoms with Crippen LogP contribution in [0.2, 0.25) is 0 Å². The molecule has 0 saturated carbocycles. The van der Waals surface area contributed by atoms with Gasteiger partial charge in [0, 0.05) is 19.8 Å². The second-order valence-corrected chi connectivity index (χ2v) is 6.17. The molecular formula is C11H16N6O2S. The highest BCUT2D eigenvalue weighted by Gasteiger charge is 2.15. The summed E-state index contributed by atoms with van der Waals surface area (Å²) in [5.41, 5.74) is 1.38. The summed E-state index contributed by atoms with van der Waals surface area (Å²) >= 11 is 0. The van der Waals surface area contributed by atoms with E-state index in [-0.39, 0.29) is 11.6 Å². The number of aryl methyl sites for hydroxylation is 1. The summed E-state index contributed by atoms with van der Waals surface area (Å²) in [7, 11) is 0.0503. The van der Waals surface area contributed by atoms with Crippen molar-refractivity contribution in [2.24, 2.45) is 0 Å². The quantitative estimate of drug-likeness (QED) is 0.808. The van der Waals surface area contributed by atoms with Crippen molar-refractivity contribution in [3.63, 3.8) is 0 Å². The SMILES string of the molecule is Cc1cc(CNS(=O)(=O)c2cnc[nH]2)nc(N(C)C)n1. The number of anilines is 1. The van der Waals surface area contributed by atoms with Gasteiger partial charge in [0.25, 0.3) is 10.0 Å². The summed E-state index contributed by atoms with van der Waals surface area (Å²) in [5, 5.41) is 0.0242. The van der Waals surface area contributed by atoms with Crippen molar-refractivity contribution in [3.05, 3.63) is 30.0 Å². The molecule has 0 bridgehead atoms. The molecule has 0 radical (unpaired) electrons. The van der Waals surface area contributed by atoms with Crippen LogP contribution in [0.25, 0.3) is 0 Å². The molecule has 0 amide bonds. The van der Waals surface area contributed by atoms with E-state index in [1.807, 2.05) is 21.0 Å². The first-order chi connectivity index (χ1) is 9.38. The number of nitrogens with one attached hydrogen (secondary N) is 2. The van der Waals surface area contributed by atoms with Gasteiger partial charge in [-0.15, -0.1) is 0 Å². The van der Waals surface area contributed by atoms with E-state index in [2.05, 4.69) is 24.7 Å². The number of aromatic nitrogens is 4. The van der Waals surface area contributed by atoms with Gasteiger partial charge >= 0.3 is 0 Å². The fourth-order valence-corrected chi connectivity index (χ4v) is 2.45. The Kier molecular flexibility index (Phi) is 4.00. The van der Waals surface area contributed by atoms with E-state index in [1.165, 1.54) is 12.5 Å². The summed E-state index contributed by atoms with van der Waals surface area (Å²) in [6.07, 6.45) is 2.56. The van der Waals surface area contributed by atoms with Gasteiger partial charge in [-0.25, -0.2) is 28.1 Å². The van der Waals surface area contributed by atoms with E-state index in [0.29, 0.717) is 11.6 Å². The Hall–Kier alpha value is -2.00. The average Bonchev–Trinajstić information content (AvgIpc) is 2.90. The van der Waals surface area contributed by atoms with Crippen molar-refractivity contribution in [1.82, 2.24) is 24.7 Å². The molecule has 0 unspecified atom stereocenters. The van der Waals surface area contributed by atoms with E-state index >= 15 is 0 Å². The fraction of sp³-hybridized carbons (Fsp3) is 0.364. The molecule has 0 aliphatic heterocycles. The molecule has 0 fully saturated rings. The van der Waals surface area contributed by atoms with E-state index in [0.717, 1.165) is 5.69 Å². The van der Waals surface area contributed by atoms with Crippen molar-refractivity contribution in [3.8, 4) is 0 Å². The predicted molar refractivity (Wildman–Crippen MR) is 73.7 cm³/mol. The van der Waals surface area contributed by atoms with Crippen molar-refractivity contribution in [2.75, 3.05) is 19.0 Å². The molecule has 0 atom stereocenters. The second kappa shape index (κ2) is 5.55. The van der Waals surface area contributed by atoms with Crippen LogP contribution >= 0.6 is 0 Å². The molecule has 0 spiro atoms. The Labute approximate surface area is 117 Å². The van der Waals surface area contributed by atoms with Gasteiger partial charge in [0.15, 0.2) is 5.03 Å². The first-order valence-electron chi connectivity index (χ1n) is 5.88. The van der Waals surface area contributed by atoms with E-state index in [4.69, 9.17) is 0 Å². The molecule has 20 heavy (non-hydrogen) atoms. The molecule has 0 aliphatic rings. The van der Waals surface area contributed by atoms with Gasteiger partial charge < -0.3 is 9.88 Å². The van der Waals surface area contributed by atoms with Crippen LogP contribution in [0.15, 0.2) is 23.6 Å². The summed E-state index contributed by atoms with van der Waals surface area (Å²) < 4.78 is 26.3. The van der Waals surface area contributed by atoms with Crippen molar-refractivity contribution >= 4 is 16.0 Å². The number of H-pyrrole nitrogens is 1. The zero-order chi connectivity index (χ0) is 14.8. The smallest absolute Gasteiger partial charge is 0.257 e. The molecule has 0 aliphatic carbocycles. The number of nitrogens with zero attached hydrogens (tertiary/aromatic N) is 4. The lowest BCUT2D eigenvalue weighted by molar-refractivity contribution is 0.577. The van der Waals surface area contributed by atoms with Crippen LogP contribution < -0.4 is 9.62 Å². The van der Waals surface area contributed by atoms with Crippen LogP contribution in [0.5, 0.6) is 0 Å². The summed E-state index contributed by atoms with van der Waals surface area (Å²) in [6, 6.07) is 1.74. The Morgan fingerprint density at radius 2 is 2.10 bits per heavy atom. The molecule has 2 aromatic heterocycles. The van der Waals surface area contributed by atoms with Gasteiger partial charge in [-0.05, 0) is 13.0 Å². The highest BCUT2D eigenvalue weighted by Crippen LogP contribution is 2.09. The number of hydrogen-bond donors (Lipinski definition) is 2. The van der Waals surface area contributed by atoms with E-state index < -0.39 is 10.0 Å². The summed E-state index contributed by atoms with van der Waals surface area (Å²) in [6.45, 7) is 1.92. The Balaban J connectivity index is 2.15. The molecular weight excluding hydrogens is 280 g/mol. The van der Waals surface area contributed by atoms with Crippen LogP contribution in [-0.2, 0) is 16.6 Å². The summed E-state index contributed by atoms with van der Waals surface area (Å²) in [5.74, 6) is 0.542. The lowest BCUT2D eigenvalue weighted by Gasteiger charge is -2.12. The zero-order valence-corrected chi connectivity index (χ0v) is 12.3. The topological polar surface area (TPSA) is 104 Å². The maximum Gasteiger partial charge on any atom is 0.257 e. The zero-order valence-electron chi connectivity index (χ0n) is 11.5. The van der Waals surface area contributed by atoms with Crippen molar-refractivity contribution in [2.45, 2.75) is 18.5 Å². The maximum atomic E-state index is 11.9. The van der Waals surface area contributed by atoms with Gasteiger partial charge in [0.05, 0.1) is 24.8 Å². The van der Waals surface area contributed by atoms with E-state index in [9.17, 15) is 8.42 Å². The highest BCUT2D eigenvalue weighted by molar-refractivity contribution is 7.89. The Bertz CT molecular complexity index is 681. The van der Waals surface area contributed by atoms with Crippen LogP contribution in [0, 0.1) is 6.92 Å². The fourth-order valence-electron chi connectivity index (χ4n) is 1.54. The van der Waals surface area contributed by atoms with Gasteiger partial charge in [-0.2, -0.15) is 0 Å². The number of rotatable bonds is 5. The third kappa shape index (κ3) is 3.31. The minimum atomic E-state index is -3.60. The number of hydrogen-bond acceptors (Lipinski definition) is 6. The highest BCUT2D eigenvalue weighted by atomic mass is 32.2. The van der Waals surface area contributed by atoms with Crippen LogP contribution in [-0.4, -0.2) is 42.4 Å². The van der Waals surface area contributed by atoms with Crippen LogP contribution in [0.4, 0.5) is 5.95 Å². The minimum Gasteiger partial charge on any atom is -0.347 e. The third-order valence-electron chi connectivity index (χ3n) is 2.50. The minimum absolute atomic E-state index is 0.0242. The Morgan fingerprint density at radius 1 is 1.35 bits per heavy atom. The van der Waals surface area contributed by atoms with E-state index in [1.54, 1.807) is 11.0 Å². The number of sulfonamides is 1. The molecule has 9 heteroatoms. The lowest BCUT2D eigenvalue weighted by atomic mass is 10.3. The monoisotopic (exact) mass is 296 g/mol. The van der Waals surface area contributed by atoms with Gasteiger partial charge in [-0.1, -0.05) is 0 Å². The molecule has 2 N–H and O–H groups in total. The predicted octanol–water partition coefficient (Wildman–Crippen LogP) is 0.0526. The van der Waals surface area contributed by atoms with Crippen molar-refractivity contribution < 1.29 is 8.42 Å². The molecule has 0 aromatic carbocycles. The molecule has 2 heterocycles. The third-order valence-corrected chi connectivity index (χ3v) is 3.83. The number of aromatic amines is 1. The molecule has 2 rings (SSSR count). The lowest BCUT2D eigenvalue weighted by Crippen LogP contribution is -2.25. The van der Waals surface area contributed by atoms with Gasteiger partial charge in [0.2, 0.25) is 5.95 Å². The Morgan fingerprint density at radius 3 is 2.70 bits per heavy atom. The summed E-state index contributed by atoms with van der Waals surface area (Å²) in [4.78, 5) is 16.5. The number of imidazole rings is 1. The standard InChI is InChI=1S/C11H16N6O2S/c1-8-4-9(16-11(15-8)17(2)3)5-14-20(18,19)10-6-12-7-13-10/h4,6-7,14H,5H2,1-3H3,(H,12,13). The van der Waals surface area contributed by atoms with Crippen LogP contribution in [0.3, 0.4) is 0 Å². The normalized spacial score (nSPS) is 11.6. The average molecular weight is 296 g/mol. The second-order valence-electron chi connectivity index (χ2n) is 4.44. The first-order valence-corrected chi connectivity index (χ1v) is 7.37. The maximum absolute atomic E-state index is 11.9. The largest absolute Gasteiger partial charge is 0.347 e. The molecule has 0 saturated heterocycles. The molecule has 108 valence electrons. The first kappa shape index (κ1) is 14.4. The molecule has 2 aromatic rings. The van der Waals surface area contributed by atoms with Crippen molar-refractivity contribution in [1.29, 1.82) is 0 Å². The van der Waals surface area contributed by atoms with Gasteiger partial charge in [-0.3, -0.25) is 0 Å². The van der Waals surface area contributed by atoms with Crippen LogP contribution in [0.1, 0.15) is 11.4 Å². The molecule has 8 nitrogen and oxygen atoms in total. The van der Waals surface area contributed by atoms with Gasteiger partial charge in [0.1, 0.15) is 0 Å².